The number of carbonyl (C=O) groups excluding carboxylic acids is 2. The molecule has 4 nitrogen and oxygen atoms in total. The first-order valence-electron chi connectivity index (χ1n) is 8.22. The summed E-state index contributed by atoms with van der Waals surface area (Å²) in [6.45, 7) is 15.0. The summed E-state index contributed by atoms with van der Waals surface area (Å²) in [5.41, 5.74) is -0.972. The zero-order valence-corrected chi connectivity index (χ0v) is 14.7. The Morgan fingerprint density at radius 3 is 2.10 bits per heavy atom. The Morgan fingerprint density at radius 1 is 1.19 bits per heavy atom. The van der Waals surface area contributed by atoms with Gasteiger partial charge in [0.1, 0.15) is 11.6 Å². The Kier molecular flexibility index (Phi) is 5.46. The zero-order valence-electron chi connectivity index (χ0n) is 14.7. The van der Waals surface area contributed by atoms with Crippen LogP contribution in [0, 0.1) is 11.3 Å². The van der Waals surface area contributed by atoms with Gasteiger partial charge < -0.3 is 10.2 Å². The Balaban J connectivity index is 3.17. The molecule has 2 amide bonds. The average Bonchev–Trinajstić information content (AvgIpc) is 2.37. The number of nitrogens with one attached hydrogen (secondary N) is 1. The first-order valence-corrected chi connectivity index (χ1v) is 8.22. The molecule has 0 bridgehead atoms. The predicted molar refractivity (Wildman–Crippen MR) is 85.9 cm³/mol. The van der Waals surface area contributed by atoms with Gasteiger partial charge in [-0.3, -0.25) is 9.59 Å². The van der Waals surface area contributed by atoms with Gasteiger partial charge in [0.15, 0.2) is 0 Å². The molecule has 1 fully saturated rings. The Morgan fingerprint density at radius 2 is 1.71 bits per heavy atom. The van der Waals surface area contributed by atoms with Gasteiger partial charge in [-0.1, -0.05) is 48.5 Å². The third kappa shape index (κ3) is 3.58. The van der Waals surface area contributed by atoms with Crippen LogP contribution in [0.3, 0.4) is 0 Å². The van der Waals surface area contributed by atoms with Crippen LogP contribution in [0.25, 0.3) is 0 Å². The quantitative estimate of drug-likeness (QED) is 0.848. The van der Waals surface area contributed by atoms with Crippen molar-refractivity contribution in [2.75, 3.05) is 6.54 Å². The van der Waals surface area contributed by atoms with E-state index in [1.54, 1.807) is 0 Å². The molecule has 1 aliphatic rings. The molecule has 0 aromatic carbocycles. The molecule has 0 radical (unpaired) electrons. The summed E-state index contributed by atoms with van der Waals surface area (Å²) in [5, 5.41) is 3.02. The molecule has 0 aliphatic carbocycles. The van der Waals surface area contributed by atoms with Gasteiger partial charge in [0.2, 0.25) is 11.8 Å². The van der Waals surface area contributed by atoms with Crippen molar-refractivity contribution in [2.45, 2.75) is 79.3 Å². The maximum Gasteiger partial charge on any atom is 0.249 e. The van der Waals surface area contributed by atoms with Crippen LogP contribution in [-0.4, -0.2) is 34.8 Å². The number of nitrogens with zero attached hydrogens (tertiary/aromatic N) is 1. The van der Waals surface area contributed by atoms with Crippen molar-refractivity contribution >= 4 is 11.8 Å². The fourth-order valence-corrected chi connectivity index (χ4v) is 3.11. The average molecular weight is 296 g/mol. The van der Waals surface area contributed by atoms with Crippen molar-refractivity contribution in [3.63, 3.8) is 0 Å². The maximum absolute atomic E-state index is 13.0. The summed E-state index contributed by atoms with van der Waals surface area (Å²) in [5.74, 6) is 0.600. The van der Waals surface area contributed by atoms with Crippen LogP contribution in [0.4, 0.5) is 0 Å². The second-order valence-electron chi connectivity index (χ2n) is 7.73. The van der Waals surface area contributed by atoms with Crippen molar-refractivity contribution in [2.24, 2.45) is 11.3 Å². The molecular formula is C17H32N2O2. The van der Waals surface area contributed by atoms with Crippen molar-refractivity contribution in [1.29, 1.82) is 0 Å². The highest BCUT2D eigenvalue weighted by molar-refractivity contribution is 6.00. The number of amides is 2. The lowest BCUT2D eigenvalue weighted by molar-refractivity contribution is -0.160. The van der Waals surface area contributed by atoms with E-state index < -0.39 is 5.54 Å². The first kappa shape index (κ1) is 18.0. The first-order chi connectivity index (χ1) is 9.59. The SMILES string of the molecule is CCC1(CC)NC(=O)C(C(C)(C)C)N(CCC(C)C)C1=O. The Hall–Kier alpha value is -1.06. The van der Waals surface area contributed by atoms with Gasteiger partial charge in [-0.25, -0.2) is 0 Å². The van der Waals surface area contributed by atoms with E-state index >= 15 is 0 Å². The van der Waals surface area contributed by atoms with Crippen LogP contribution in [0.2, 0.25) is 0 Å². The highest BCUT2D eigenvalue weighted by Crippen LogP contribution is 2.33. The van der Waals surface area contributed by atoms with Gasteiger partial charge in [-0.05, 0) is 30.6 Å². The standard InChI is InChI=1S/C17H32N2O2/c1-8-17(9-2)15(21)19(11-10-12(3)4)13(14(20)18-17)16(5,6)7/h12-13H,8-11H2,1-7H3,(H,18,20). The summed E-state index contributed by atoms with van der Waals surface area (Å²) in [6.07, 6.45) is 2.21. The molecule has 1 unspecified atom stereocenters. The highest BCUT2D eigenvalue weighted by atomic mass is 16.2. The summed E-state index contributed by atoms with van der Waals surface area (Å²) in [4.78, 5) is 27.5. The second kappa shape index (κ2) is 6.37. The molecule has 1 aliphatic heterocycles. The fraction of sp³-hybridized carbons (Fsp3) is 0.882. The van der Waals surface area contributed by atoms with E-state index in [-0.39, 0.29) is 23.3 Å². The van der Waals surface area contributed by atoms with Gasteiger partial charge in [-0.2, -0.15) is 0 Å². The summed E-state index contributed by atoms with van der Waals surface area (Å²) < 4.78 is 0. The van der Waals surface area contributed by atoms with Crippen LogP contribution in [0.15, 0.2) is 0 Å². The van der Waals surface area contributed by atoms with Crippen molar-refractivity contribution in [3.05, 3.63) is 0 Å². The van der Waals surface area contributed by atoms with E-state index in [1.807, 2.05) is 39.5 Å². The van der Waals surface area contributed by atoms with Crippen LogP contribution >= 0.6 is 0 Å². The molecule has 0 spiro atoms. The molecule has 1 atom stereocenters. The van der Waals surface area contributed by atoms with Crippen LogP contribution in [0.1, 0.15) is 67.7 Å². The monoisotopic (exact) mass is 296 g/mol. The third-order valence-electron chi connectivity index (χ3n) is 4.57. The maximum atomic E-state index is 13.0. The normalized spacial score (nSPS) is 22.7. The minimum Gasteiger partial charge on any atom is -0.340 e. The molecule has 21 heavy (non-hydrogen) atoms. The zero-order chi connectivity index (χ0) is 16.4. The van der Waals surface area contributed by atoms with Gasteiger partial charge in [-0.15, -0.1) is 0 Å². The second-order valence-corrected chi connectivity index (χ2v) is 7.73. The molecule has 0 aromatic rings. The lowest BCUT2D eigenvalue weighted by Crippen LogP contribution is -2.72. The molecule has 1 rings (SSSR count). The Labute approximate surface area is 129 Å². The smallest absolute Gasteiger partial charge is 0.249 e. The molecule has 1 heterocycles. The fourth-order valence-electron chi connectivity index (χ4n) is 3.11. The molecule has 1 N–H and O–H groups in total. The van der Waals surface area contributed by atoms with Gasteiger partial charge >= 0.3 is 0 Å². The van der Waals surface area contributed by atoms with E-state index in [4.69, 9.17) is 0 Å². The molecule has 0 saturated carbocycles. The van der Waals surface area contributed by atoms with Crippen molar-refractivity contribution in [1.82, 2.24) is 10.2 Å². The topological polar surface area (TPSA) is 49.4 Å². The van der Waals surface area contributed by atoms with Crippen LogP contribution in [0.5, 0.6) is 0 Å². The summed E-state index contributed by atoms with van der Waals surface area (Å²) in [6, 6.07) is -0.380. The molecule has 4 heteroatoms. The molecule has 122 valence electrons. The van der Waals surface area contributed by atoms with E-state index in [2.05, 4.69) is 19.2 Å². The van der Waals surface area contributed by atoms with Gasteiger partial charge in [0.25, 0.3) is 0 Å². The van der Waals surface area contributed by atoms with Crippen LogP contribution in [-0.2, 0) is 9.59 Å². The number of hydrogen-bond donors (Lipinski definition) is 1. The van der Waals surface area contributed by atoms with Crippen molar-refractivity contribution < 1.29 is 9.59 Å². The third-order valence-corrected chi connectivity index (χ3v) is 4.57. The minimum absolute atomic E-state index is 0.00504. The summed E-state index contributed by atoms with van der Waals surface area (Å²) in [7, 11) is 0. The highest BCUT2D eigenvalue weighted by Gasteiger charge is 2.51. The number of hydrogen-bond acceptors (Lipinski definition) is 2. The number of carbonyl (C=O) groups is 2. The largest absolute Gasteiger partial charge is 0.340 e. The van der Waals surface area contributed by atoms with Gasteiger partial charge in [0, 0.05) is 6.54 Å². The van der Waals surface area contributed by atoms with Gasteiger partial charge in [0.05, 0.1) is 0 Å². The molecule has 1 saturated heterocycles. The van der Waals surface area contributed by atoms with E-state index in [1.165, 1.54) is 0 Å². The predicted octanol–water partition coefficient (Wildman–Crippen LogP) is 2.96. The lowest BCUT2D eigenvalue weighted by atomic mass is 9.78. The van der Waals surface area contributed by atoms with E-state index in [0.717, 1.165) is 6.42 Å². The number of piperazine rings is 1. The summed E-state index contributed by atoms with van der Waals surface area (Å²) >= 11 is 0. The molecule has 0 aromatic heterocycles. The van der Waals surface area contributed by atoms with E-state index in [9.17, 15) is 9.59 Å². The van der Waals surface area contributed by atoms with E-state index in [0.29, 0.717) is 25.3 Å². The number of rotatable bonds is 5. The van der Waals surface area contributed by atoms with Crippen LogP contribution < -0.4 is 5.32 Å². The molecular weight excluding hydrogens is 264 g/mol. The lowest BCUT2D eigenvalue weighted by Gasteiger charge is -2.49. The minimum atomic E-state index is -0.712. The van der Waals surface area contributed by atoms with Crippen molar-refractivity contribution in [3.8, 4) is 0 Å². The Bertz CT molecular complexity index is 392.